The van der Waals surface area contributed by atoms with Crippen LogP contribution in [-0.2, 0) is 24.1 Å². The van der Waals surface area contributed by atoms with Crippen molar-refractivity contribution in [2.75, 3.05) is 5.32 Å². The zero-order chi connectivity index (χ0) is 25.6. The van der Waals surface area contributed by atoms with E-state index in [0.29, 0.717) is 5.69 Å². The van der Waals surface area contributed by atoms with Gasteiger partial charge in [-0.25, -0.2) is 0 Å². The number of hydrogen-bond donors (Lipinski definition) is 1. The smallest absolute Gasteiger partial charge is 0.247 e. The van der Waals surface area contributed by atoms with E-state index in [4.69, 9.17) is 23.2 Å². The van der Waals surface area contributed by atoms with Crippen LogP contribution in [0.2, 0.25) is 0 Å². The molecule has 3 aromatic carbocycles. The molecule has 5 nitrogen and oxygen atoms in total. The first-order valence-corrected chi connectivity index (χ1v) is 12.7. The van der Waals surface area contributed by atoms with Gasteiger partial charge in [-0.2, -0.15) is 0 Å². The third-order valence-corrected chi connectivity index (χ3v) is 9.53. The molecule has 1 saturated heterocycles. The molecule has 36 heavy (non-hydrogen) atoms. The number of carbonyl (C=O) groups excluding carboxylic acids is 3. The van der Waals surface area contributed by atoms with Gasteiger partial charge in [-0.05, 0) is 60.2 Å². The lowest BCUT2D eigenvalue weighted by Crippen LogP contribution is -2.57. The molecular formula is C29H24Cl2N2O3. The maximum absolute atomic E-state index is 14.0. The summed E-state index contributed by atoms with van der Waals surface area (Å²) < 4.78 is 0. The molecule has 7 rings (SSSR count). The monoisotopic (exact) mass is 518 g/mol. The van der Waals surface area contributed by atoms with Crippen molar-refractivity contribution in [3.8, 4) is 0 Å². The van der Waals surface area contributed by atoms with E-state index < -0.39 is 45.3 Å². The van der Waals surface area contributed by atoms with Crippen LogP contribution in [0.1, 0.15) is 40.3 Å². The number of benzene rings is 3. The fourth-order valence-corrected chi connectivity index (χ4v) is 7.41. The number of carbonyl (C=O) groups is 3. The summed E-state index contributed by atoms with van der Waals surface area (Å²) in [5.74, 6) is -3.25. The van der Waals surface area contributed by atoms with E-state index in [1.54, 1.807) is 13.0 Å². The van der Waals surface area contributed by atoms with E-state index in [-0.39, 0.29) is 0 Å². The number of aryl methyl sites for hydroxylation is 1. The quantitative estimate of drug-likeness (QED) is 0.381. The maximum atomic E-state index is 14.0. The van der Waals surface area contributed by atoms with E-state index >= 15 is 0 Å². The van der Waals surface area contributed by atoms with Crippen LogP contribution in [0.4, 0.5) is 5.69 Å². The van der Waals surface area contributed by atoms with Crippen LogP contribution in [0.5, 0.6) is 0 Å². The van der Waals surface area contributed by atoms with Gasteiger partial charge in [0, 0.05) is 5.69 Å². The van der Waals surface area contributed by atoms with Gasteiger partial charge in [0.1, 0.15) is 15.8 Å². The van der Waals surface area contributed by atoms with E-state index in [0.717, 1.165) is 38.3 Å². The molecule has 1 fully saturated rings. The Balaban J connectivity index is 1.45. The second-order valence-electron chi connectivity index (χ2n) is 9.93. The molecule has 0 saturated carbocycles. The highest BCUT2D eigenvalue weighted by molar-refractivity contribution is 6.36. The number of alkyl halides is 2. The first kappa shape index (κ1) is 23.3. The highest BCUT2D eigenvalue weighted by atomic mass is 35.5. The molecule has 3 amide bonds. The number of imide groups is 1. The van der Waals surface area contributed by atoms with Crippen molar-refractivity contribution >= 4 is 46.6 Å². The molecule has 0 radical (unpaired) electrons. The van der Waals surface area contributed by atoms with Crippen molar-refractivity contribution in [3.05, 3.63) is 100 Å². The van der Waals surface area contributed by atoms with Crippen molar-refractivity contribution in [3.63, 3.8) is 0 Å². The molecule has 3 aromatic rings. The highest BCUT2D eigenvalue weighted by Gasteiger charge is 2.73. The maximum Gasteiger partial charge on any atom is 0.247 e. The number of nitrogens with one attached hydrogen (secondary N) is 1. The van der Waals surface area contributed by atoms with Crippen molar-refractivity contribution in [1.29, 1.82) is 0 Å². The minimum Gasteiger partial charge on any atom is -0.324 e. The van der Waals surface area contributed by atoms with Gasteiger partial charge in [0.2, 0.25) is 17.7 Å². The molecule has 2 bridgehead atoms. The van der Waals surface area contributed by atoms with Gasteiger partial charge in [0.15, 0.2) is 0 Å². The summed E-state index contributed by atoms with van der Waals surface area (Å²) in [4.78, 5) is 39.9. The Morgan fingerprint density at radius 3 is 1.69 bits per heavy atom. The average molecular weight is 519 g/mol. The molecule has 0 unspecified atom stereocenters. The van der Waals surface area contributed by atoms with Gasteiger partial charge in [-0.15, -0.1) is 23.2 Å². The third kappa shape index (κ3) is 2.70. The number of amides is 3. The number of anilines is 1. The van der Waals surface area contributed by atoms with E-state index in [9.17, 15) is 14.4 Å². The lowest BCUT2D eigenvalue weighted by molar-refractivity contribution is -0.146. The van der Waals surface area contributed by atoms with Crippen molar-refractivity contribution in [2.24, 2.45) is 11.8 Å². The molecule has 3 aliphatic carbocycles. The van der Waals surface area contributed by atoms with Gasteiger partial charge in [-0.1, -0.05) is 60.7 Å². The average Bonchev–Trinajstić information content (AvgIpc) is 3.15. The van der Waals surface area contributed by atoms with Gasteiger partial charge in [0.25, 0.3) is 0 Å². The van der Waals surface area contributed by atoms with Crippen LogP contribution in [0, 0.1) is 25.7 Å². The summed E-state index contributed by atoms with van der Waals surface area (Å²) in [5.41, 5.74) is 5.53. The Morgan fingerprint density at radius 2 is 1.25 bits per heavy atom. The number of rotatable bonds is 3. The third-order valence-electron chi connectivity index (χ3n) is 8.25. The Hall–Kier alpha value is -3.15. The van der Waals surface area contributed by atoms with E-state index in [1.165, 1.54) is 0 Å². The van der Waals surface area contributed by atoms with E-state index in [2.05, 4.69) is 5.32 Å². The normalized spacial score (nSPS) is 28.4. The second kappa shape index (κ2) is 7.67. The van der Waals surface area contributed by atoms with Crippen LogP contribution in [0.25, 0.3) is 0 Å². The molecular weight excluding hydrogens is 495 g/mol. The summed E-state index contributed by atoms with van der Waals surface area (Å²) in [5, 5.41) is 2.89. The molecule has 4 aliphatic rings. The SMILES string of the molecule is Cc1cccc(NC(=O)[C@@H](C)N2C(=O)[C@@H]3[C@H](C2=O)C2(Cl)c4ccccc4C3(Cl)c3ccccc32)c1C. The molecule has 1 heterocycles. The zero-order valence-electron chi connectivity index (χ0n) is 20.0. The molecule has 7 heteroatoms. The van der Waals surface area contributed by atoms with Gasteiger partial charge < -0.3 is 5.32 Å². The Bertz CT molecular complexity index is 1360. The number of likely N-dealkylation sites (tertiary alicyclic amines) is 1. The minimum absolute atomic E-state index is 0.446. The summed E-state index contributed by atoms with van der Waals surface area (Å²) >= 11 is 14.9. The molecule has 1 N–H and O–H groups in total. The number of halogens is 2. The fourth-order valence-electron chi connectivity index (χ4n) is 6.31. The van der Waals surface area contributed by atoms with Gasteiger partial charge >= 0.3 is 0 Å². The van der Waals surface area contributed by atoms with Crippen molar-refractivity contribution < 1.29 is 14.4 Å². The Labute approximate surface area is 219 Å². The standard InChI is InChI=1S/C29H24Cl2N2O3/c1-15-9-8-14-22(16(15)2)32-25(34)17(3)33-26(35)23-24(27(33)36)29(31)19-11-5-4-10-18(19)28(23,30)20-12-6-7-13-21(20)29/h4-14,17,23-24H,1-3H3,(H,32,34)/t17-,23-,24+,28?,29?/m1/s1. The summed E-state index contributed by atoms with van der Waals surface area (Å²) in [6, 6.07) is 19.5. The predicted molar refractivity (Wildman–Crippen MR) is 139 cm³/mol. The highest BCUT2D eigenvalue weighted by Crippen LogP contribution is 2.69. The molecule has 0 spiro atoms. The summed E-state index contributed by atoms with van der Waals surface area (Å²) in [7, 11) is 0. The van der Waals surface area contributed by atoms with Crippen LogP contribution >= 0.6 is 23.2 Å². The first-order valence-electron chi connectivity index (χ1n) is 11.9. The Kier molecular flexibility index (Phi) is 4.96. The topological polar surface area (TPSA) is 66.5 Å². The van der Waals surface area contributed by atoms with Crippen LogP contribution in [-0.4, -0.2) is 28.7 Å². The van der Waals surface area contributed by atoms with E-state index in [1.807, 2.05) is 74.5 Å². The molecule has 3 atom stereocenters. The predicted octanol–water partition coefficient (Wildman–Crippen LogP) is 5.22. The number of hydrogen-bond acceptors (Lipinski definition) is 3. The zero-order valence-corrected chi connectivity index (χ0v) is 21.5. The largest absolute Gasteiger partial charge is 0.324 e. The molecule has 182 valence electrons. The van der Waals surface area contributed by atoms with Gasteiger partial charge in [0.05, 0.1) is 11.8 Å². The fraction of sp³-hybridized carbons (Fsp3) is 0.276. The first-order chi connectivity index (χ1) is 17.1. The second-order valence-corrected chi connectivity index (χ2v) is 11.1. The van der Waals surface area contributed by atoms with Crippen LogP contribution in [0.15, 0.2) is 66.7 Å². The van der Waals surface area contributed by atoms with Crippen LogP contribution in [0.3, 0.4) is 0 Å². The minimum atomic E-state index is -1.26. The van der Waals surface area contributed by atoms with Gasteiger partial charge in [-0.3, -0.25) is 19.3 Å². The summed E-state index contributed by atoms with van der Waals surface area (Å²) in [6.07, 6.45) is 0. The molecule has 0 aromatic heterocycles. The Morgan fingerprint density at radius 1 is 0.806 bits per heavy atom. The van der Waals surface area contributed by atoms with Crippen molar-refractivity contribution in [1.82, 2.24) is 4.90 Å². The van der Waals surface area contributed by atoms with Crippen LogP contribution < -0.4 is 5.32 Å². The lowest BCUT2D eigenvalue weighted by Gasteiger charge is -2.54. The van der Waals surface area contributed by atoms with Crippen molar-refractivity contribution in [2.45, 2.75) is 36.6 Å². The lowest BCUT2D eigenvalue weighted by atomic mass is 9.54. The number of nitrogens with zero attached hydrogens (tertiary/aromatic N) is 1. The summed E-state index contributed by atoms with van der Waals surface area (Å²) in [6.45, 7) is 5.44. The molecule has 1 aliphatic heterocycles.